The van der Waals surface area contributed by atoms with Gasteiger partial charge in [-0.3, -0.25) is 9.69 Å². The van der Waals surface area contributed by atoms with Crippen LogP contribution in [0.15, 0.2) is 77.6 Å². The quantitative estimate of drug-likeness (QED) is 0.213. The van der Waals surface area contributed by atoms with Crippen molar-refractivity contribution >= 4 is 10.9 Å². The van der Waals surface area contributed by atoms with E-state index in [0.29, 0.717) is 42.2 Å². The van der Waals surface area contributed by atoms with Crippen LogP contribution >= 0.6 is 0 Å². The zero-order chi connectivity index (χ0) is 29.5. The summed E-state index contributed by atoms with van der Waals surface area (Å²) in [4.78, 5) is 18.7. The van der Waals surface area contributed by atoms with Crippen molar-refractivity contribution in [3.05, 3.63) is 106 Å². The number of nitrogens with one attached hydrogen (secondary N) is 1. The number of hydrogen-bond donors (Lipinski definition) is 1. The Labute approximate surface area is 244 Å². The smallest absolute Gasteiger partial charge is 0.252 e. The summed E-state index contributed by atoms with van der Waals surface area (Å²) >= 11 is 0. The number of benzene rings is 3. The van der Waals surface area contributed by atoms with Crippen LogP contribution in [0.4, 0.5) is 0 Å². The molecule has 0 amide bonds. The summed E-state index contributed by atoms with van der Waals surface area (Å²) < 4.78 is 18.2. The molecule has 0 saturated heterocycles. The largest absolute Gasteiger partial charge is 0.497 e. The second-order valence-corrected chi connectivity index (χ2v) is 10.1. The summed E-state index contributed by atoms with van der Waals surface area (Å²) in [6.45, 7) is 3.73. The van der Waals surface area contributed by atoms with Gasteiger partial charge in [0.15, 0.2) is 17.3 Å². The van der Waals surface area contributed by atoms with Crippen LogP contribution in [0, 0.1) is 0 Å². The number of aryl methyl sites for hydroxylation is 2. The van der Waals surface area contributed by atoms with Crippen molar-refractivity contribution < 1.29 is 14.2 Å². The molecule has 0 fully saturated rings. The monoisotopic (exact) mass is 568 g/mol. The predicted molar refractivity (Wildman–Crippen MR) is 161 cm³/mol. The van der Waals surface area contributed by atoms with Crippen LogP contribution in [0.3, 0.4) is 0 Å². The third kappa shape index (κ3) is 6.44. The standard InChI is InChI=1S/C32H36N6O4/c1-5-28(31-34-35-36-38(31)16-15-22-9-7-6-8-10-22)37(20-23-11-13-26(40-2)14-12-23)21-25-17-24-18-29(41-3)30(42-4)19-27(24)33-32(25)39/h6-14,17-19,28H,5,15-16,20-21H2,1-4H3,(H,33,39). The zero-order valence-corrected chi connectivity index (χ0v) is 24.4. The van der Waals surface area contributed by atoms with Gasteiger partial charge in [-0.15, -0.1) is 5.10 Å². The fourth-order valence-corrected chi connectivity index (χ4v) is 5.25. The van der Waals surface area contributed by atoms with Crippen molar-refractivity contribution in [3.63, 3.8) is 0 Å². The van der Waals surface area contributed by atoms with Gasteiger partial charge in [0.1, 0.15) is 5.75 Å². The maximum Gasteiger partial charge on any atom is 0.252 e. The first-order chi connectivity index (χ1) is 20.5. The summed E-state index contributed by atoms with van der Waals surface area (Å²) in [7, 11) is 4.83. The van der Waals surface area contributed by atoms with E-state index in [-0.39, 0.29) is 11.6 Å². The molecule has 5 rings (SSSR count). The number of fused-ring (bicyclic) bond motifs is 1. The van der Waals surface area contributed by atoms with Crippen molar-refractivity contribution in [2.45, 2.75) is 45.4 Å². The van der Waals surface area contributed by atoms with Crippen LogP contribution in [0.25, 0.3) is 10.9 Å². The molecule has 10 heteroatoms. The van der Waals surface area contributed by atoms with E-state index >= 15 is 0 Å². The molecule has 0 spiro atoms. The fourth-order valence-electron chi connectivity index (χ4n) is 5.25. The molecule has 0 aliphatic heterocycles. The van der Waals surface area contributed by atoms with E-state index in [2.05, 4.69) is 44.5 Å². The van der Waals surface area contributed by atoms with Crippen LogP contribution in [-0.4, -0.2) is 51.4 Å². The van der Waals surface area contributed by atoms with Crippen molar-refractivity contribution in [1.82, 2.24) is 30.1 Å². The molecule has 0 aliphatic carbocycles. The Bertz CT molecular complexity index is 1670. The molecule has 2 heterocycles. The molecule has 1 N–H and O–H groups in total. The molecular formula is C32H36N6O4. The number of pyridine rings is 1. The van der Waals surface area contributed by atoms with E-state index in [1.165, 1.54) is 5.56 Å². The summed E-state index contributed by atoms with van der Waals surface area (Å²) in [6.07, 6.45) is 1.56. The summed E-state index contributed by atoms with van der Waals surface area (Å²) in [5.41, 5.74) is 3.45. The highest BCUT2D eigenvalue weighted by atomic mass is 16.5. The number of rotatable bonds is 13. The van der Waals surface area contributed by atoms with E-state index < -0.39 is 0 Å². The number of hydrogen-bond acceptors (Lipinski definition) is 8. The first kappa shape index (κ1) is 28.8. The van der Waals surface area contributed by atoms with E-state index in [1.807, 2.05) is 59.3 Å². The third-order valence-electron chi connectivity index (χ3n) is 7.48. The zero-order valence-electron chi connectivity index (χ0n) is 24.4. The minimum Gasteiger partial charge on any atom is -0.497 e. The highest BCUT2D eigenvalue weighted by molar-refractivity contribution is 5.83. The average molecular weight is 569 g/mol. The third-order valence-corrected chi connectivity index (χ3v) is 7.48. The fraction of sp³-hybridized carbons (Fsp3) is 0.312. The lowest BCUT2D eigenvalue weighted by molar-refractivity contribution is 0.160. The average Bonchev–Trinajstić information content (AvgIpc) is 3.49. The van der Waals surface area contributed by atoms with Crippen molar-refractivity contribution in [3.8, 4) is 17.2 Å². The van der Waals surface area contributed by atoms with Crippen LogP contribution in [-0.2, 0) is 26.1 Å². The number of aromatic nitrogens is 5. The summed E-state index contributed by atoms with van der Waals surface area (Å²) in [5, 5.41) is 13.7. The second kappa shape index (κ2) is 13.3. The molecule has 0 aliphatic rings. The van der Waals surface area contributed by atoms with Gasteiger partial charge in [-0.1, -0.05) is 49.4 Å². The summed E-state index contributed by atoms with van der Waals surface area (Å²) in [6, 6.07) is 23.7. The van der Waals surface area contributed by atoms with Crippen molar-refractivity contribution in [2.75, 3.05) is 21.3 Å². The minimum atomic E-state index is -0.159. The number of methoxy groups -OCH3 is 3. The normalized spacial score (nSPS) is 12.0. The minimum absolute atomic E-state index is 0.140. The molecule has 5 aromatic rings. The molecule has 0 saturated carbocycles. The number of H-pyrrole nitrogens is 1. The molecule has 0 bridgehead atoms. The van der Waals surface area contributed by atoms with E-state index in [1.54, 1.807) is 27.4 Å². The lowest BCUT2D eigenvalue weighted by atomic mass is 10.1. The molecule has 10 nitrogen and oxygen atoms in total. The maximum atomic E-state index is 13.4. The van der Waals surface area contributed by atoms with Crippen molar-refractivity contribution in [2.24, 2.45) is 0 Å². The molecule has 218 valence electrons. The first-order valence-electron chi connectivity index (χ1n) is 14.0. The topological polar surface area (TPSA) is 107 Å². The van der Waals surface area contributed by atoms with E-state index in [9.17, 15) is 4.79 Å². The Morgan fingerprint density at radius 2 is 1.62 bits per heavy atom. The summed E-state index contributed by atoms with van der Waals surface area (Å²) in [5.74, 6) is 2.72. The van der Waals surface area contributed by atoms with Crippen LogP contribution < -0.4 is 19.8 Å². The van der Waals surface area contributed by atoms with E-state index in [4.69, 9.17) is 14.2 Å². The number of aromatic amines is 1. The highest BCUT2D eigenvalue weighted by Gasteiger charge is 2.26. The molecule has 42 heavy (non-hydrogen) atoms. The van der Waals surface area contributed by atoms with Gasteiger partial charge in [-0.2, -0.15) is 0 Å². The lowest BCUT2D eigenvalue weighted by Gasteiger charge is -2.30. The van der Waals surface area contributed by atoms with Crippen LogP contribution in [0.1, 0.15) is 41.9 Å². The second-order valence-electron chi connectivity index (χ2n) is 10.1. The Kier molecular flexibility index (Phi) is 9.13. The molecule has 2 aromatic heterocycles. The van der Waals surface area contributed by atoms with Gasteiger partial charge in [-0.05, 0) is 58.7 Å². The number of ether oxygens (including phenoxy) is 3. The number of tetrazole rings is 1. The lowest BCUT2D eigenvalue weighted by Crippen LogP contribution is -2.32. The van der Waals surface area contributed by atoms with Gasteiger partial charge in [0, 0.05) is 36.7 Å². The van der Waals surface area contributed by atoms with Crippen LogP contribution in [0.5, 0.6) is 17.2 Å². The first-order valence-corrected chi connectivity index (χ1v) is 14.0. The Morgan fingerprint density at radius 3 is 2.31 bits per heavy atom. The molecule has 1 atom stereocenters. The molecular weight excluding hydrogens is 532 g/mol. The van der Waals surface area contributed by atoms with E-state index in [0.717, 1.165) is 35.4 Å². The van der Waals surface area contributed by atoms with Gasteiger partial charge in [-0.25, -0.2) is 4.68 Å². The Hall–Kier alpha value is -4.70. The molecule has 0 radical (unpaired) electrons. The van der Waals surface area contributed by atoms with Gasteiger partial charge < -0.3 is 19.2 Å². The number of nitrogens with zero attached hydrogens (tertiary/aromatic N) is 5. The van der Waals surface area contributed by atoms with Gasteiger partial charge in [0.05, 0.1) is 32.9 Å². The van der Waals surface area contributed by atoms with Crippen LogP contribution in [0.2, 0.25) is 0 Å². The molecule has 1 unspecified atom stereocenters. The van der Waals surface area contributed by atoms with Crippen molar-refractivity contribution in [1.29, 1.82) is 0 Å². The van der Waals surface area contributed by atoms with Gasteiger partial charge in [0.2, 0.25) is 0 Å². The molecule has 3 aromatic carbocycles. The highest BCUT2D eigenvalue weighted by Crippen LogP contribution is 2.32. The maximum absolute atomic E-state index is 13.4. The van der Waals surface area contributed by atoms with Gasteiger partial charge in [0.25, 0.3) is 5.56 Å². The Balaban J connectivity index is 1.50. The SMILES string of the molecule is CCC(c1nnnn1CCc1ccccc1)N(Cc1ccc(OC)cc1)Cc1cc2cc(OC)c(OC)cc2[nH]c1=O. The predicted octanol–water partition coefficient (Wildman–Crippen LogP) is 4.94. The Morgan fingerprint density at radius 1 is 0.881 bits per heavy atom. The van der Waals surface area contributed by atoms with Gasteiger partial charge >= 0.3 is 0 Å².